The molecule has 1 aromatic rings. The second-order valence-electron chi connectivity index (χ2n) is 5.16. The molecule has 10 heteroatoms. The van der Waals surface area contributed by atoms with E-state index < -0.39 is 11.7 Å². The molecule has 1 aliphatic rings. The highest BCUT2D eigenvalue weighted by Gasteiger charge is 2.33. The summed E-state index contributed by atoms with van der Waals surface area (Å²) in [5.41, 5.74) is 10.9. The Hall–Kier alpha value is -1.93. The van der Waals surface area contributed by atoms with Gasteiger partial charge in [0, 0.05) is 13.1 Å². The van der Waals surface area contributed by atoms with Crippen LogP contribution in [0.2, 0.25) is 5.02 Å². The van der Waals surface area contributed by atoms with E-state index in [0.717, 1.165) is 19.0 Å². The van der Waals surface area contributed by atoms with E-state index in [1.165, 1.54) is 12.1 Å². The van der Waals surface area contributed by atoms with Crippen LogP contribution in [0.15, 0.2) is 40.3 Å². The van der Waals surface area contributed by atoms with Gasteiger partial charge in [-0.25, -0.2) is 4.99 Å². The van der Waals surface area contributed by atoms with Crippen molar-refractivity contribution in [1.82, 2.24) is 4.90 Å². The lowest BCUT2D eigenvalue weighted by Crippen LogP contribution is -2.40. The lowest BCUT2D eigenvalue weighted by molar-refractivity contribution is -0.137. The summed E-state index contributed by atoms with van der Waals surface area (Å²) in [6.45, 7) is 1.31. The molecular formula is C15H18Cl2F3N5. The summed E-state index contributed by atoms with van der Waals surface area (Å²) >= 11 is 5.57. The predicted octanol–water partition coefficient (Wildman–Crippen LogP) is 3.17. The summed E-state index contributed by atoms with van der Waals surface area (Å²) < 4.78 is 38.4. The smallest absolute Gasteiger partial charge is 0.369 e. The molecule has 0 saturated carbocycles. The van der Waals surface area contributed by atoms with Crippen LogP contribution in [0.4, 0.5) is 13.2 Å². The van der Waals surface area contributed by atoms with Crippen LogP contribution in [-0.4, -0.2) is 29.9 Å². The molecule has 4 N–H and O–H groups in total. The van der Waals surface area contributed by atoms with Gasteiger partial charge in [0.2, 0.25) is 5.96 Å². The second-order valence-corrected chi connectivity index (χ2v) is 5.57. The number of halogens is 5. The first-order valence-electron chi connectivity index (χ1n) is 7.17. The predicted molar refractivity (Wildman–Crippen MR) is 96.0 cm³/mol. The van der Waals surface area contributed by atoms with Gasteiger partial charge in [-0.3, -0.25) is 0 Å². The number of nitrogens with two attached hydrogens (primary N) is 2. The minimum Gasteiger partial charge on any atom is -0.369 e. The van der Waals surface area contributed by atoms with E-state index in [1.807, 2.05) is 17.1 Å². The third kappa shape index (κ3) is 6.13. The third-order valence-corrected chi connectivity index (χ3v) is 3.70. The van der Waals surface area contributed by atoms with E-state index in [4.69, 9.17) is 23.1 Å². The molecule has 138 valence electrons. The van der Waals surface area contributed by atoms with Gasteiger partial charge in [-0.15, -0.1) is 12.4 Å². The molecule has 0 amide bonds. The molecule has 1 aliphatic heterocycles. The molecule has 25 heavy (non-hydrogen) atoms. The highest BCUT2D eigenvalue weighted by molar-refractivity contribution is 6.31. The highest BCUT2D eigenvalue weighted by Crippen LogP contribution is 2.35. The van der Waals surface area contributed by atoms with Gasteiger partial charge >= 0.3 is 6.18 Å². The standard InChI is InChI=1S/C15H17ClF3N5.ClH/c16-12-5-4-10(8-11(12)15(17,18)19)9-22-13(20)23-14(21)24-6-2-1-3-7-24;/h1-2,4-5,8H,3,6-7,9H2,(H4,20,21,22,23);1H. The zero-order valence-electron chi connectivity index (χ0n) is 13.1. The average Bonchev–Trinajstić information content (AvgIpc) is 2.53. The summed E-state index contributed by atoms with van der Waals surface area (Å²) in [7, 11) is 0. The number of alkyl halides is 3. The number of guanidine groups is 2. The number of rotatable bonds is 2. The molecule has 0 aliphatic carbocycles. The summed E-state index contributed by atoms with van der Waals surface area (Å²) in [6.07, 6.45) is 0.344. The number of hydrogen-bond acceptors (Lipinski definition) is 1. The summed E-state index contributed by atoms with van der Waals surface area (Å²) in [6, 6.07) is 3.58. The SMILES string of the molecule is Cl.NC(=NCc1ccc(Cl)c(C(F)(F)F)c1)N=C(N)N1CC=CCC1. The van der Waals surface area contributed by atoms with Crippen LogP contribution in [0.3, 0.4) is 0 Å². The monoisotopic (exact) mass is 395 g/mol. The molecule has 0 saturated heterocycles. The maximum Gasteiger partial charge on any atom is 0.417 e. The topological polar surface area (TPSA) is 80.0 Å². The number of nitrogens with zero attached hydrogens (tertiary/aromatic N) is 3. The quantitative estimate of drug-likeness (QED) is 0.458. The van der Waals surface area contributed by atoms with Gasteiger partial charge in [0.15, 0.2) is 5.96 Å². The first-order valence-corrected chi connectivity index (χ1v) is 7.55. The van der Waals surface area contributed by atoms with Gasteiger partial charge in [0.1, 0.15) is 0 Å². The molecule has 2 rings (SSSR count). The molecule has 1 heterocycles. The van der Waals surface area contributed by atoms with Gasteiger partial charge < -0.3 is 16.4 Å². The Kier molecular flexibility index (Phi) is 7.57. The summed E-state index contributed by atoms with van der Waals surface area (Å²) in [5.74, 6) is 0.137. The zero-order chi connectivity index (χ0) is 17.7. The number of hydrogen-bond donors (Lipinski definition) is 2. The van der Waals surface area contributed by atoms with Crippen molar-refractivity contribution in [3.05, 3.63) is 46.5 Å². The van der Waals surface area contributed by atoms with Gasteiger partial charge in [-0.1, -0.05) is 29.8 Å². The van der Waals surface area contributed by atoms with Crippen molar-refractivity contribution < 1.29 is 13.2 Å². The summed E-state index contributed by atoms with van der Waals surface area (Å²) in [4.78, 5) is 9.75. The van der Waals surface area contributed by atoms with Gasteiger partial charge in [0.25, 0.3) is 0 Å². The Bertz CT molecular complexity index is 686. The molecule has 0 spiro atoms. The normalized spacial score (nSPS) is 15.9. The fourth-order valence-electron chi connectivity index (χ4n) is 2.13. The van der Waals surface area contributed by atoms with Gasteiger partial charge in [0.05, 0.1) is 17.1 Å². The minimum atomic E-state index is -4.52. The van der Waals surface area contributed by atoms with Crippen molar-refractivity contribution in [3.63, 3.8) is 0 Å². The first-order chi connectivity index (χ1) is 11.3. The fraction of sp³-hybridized carbons (Fsp3) is 0.333. The highest BCUT2D eigenvalue weighted by atomic mass is 35.5. The van der Waals surface area contributed by atoms with Crippen molar-refractivity contribution in [2.75, 3.05) is 13.1 Å². The maximum absolute atomic E-state index is 12.8. The van der Waals surface area contributed by atoms with Crippen LogP contribution in [0.5, 0.6) is 0 Å². The molecule has 5 nitrogen and oxygen atoms in total. The first kappa shape index (κ1) is 21.1. The Morgan fingerprint density at radius 1 is 1.24 bits per heavy atom. The van der Waals surface area contributed by atoms with Crippen LogP contribution in [0.25, 0.3) is 0 Å². The number of benzene rings is 1. The lowest BCUT2D eigenvalue weighted by atomic mass is 10.1. The molecular weight excluding hydrogens is 378 g/mol. The van der Waals surface area contributed by atoms with Crippen molar-refractivity contribution in [2.45, 2.75) is 19.1 Å². The van der Waals surface area contributed by atoms with Crippen molar-refractivity contribution >= 4 is 35.9 Å². The third-order valence-electron chi connectivity index (χ3n) is 3.37. The molecule has 0 bridgehead atoms. The van der Waals surface area contributed by atoms with Gasteiger partial charge in [-0.05, 0) is 24.1 Å². The van der Waals surface area contributed by atoms with E-state index in [9.17, 15) is 13.2 Å². The van der Waals surface area contributed by atoms with Crippen LogP contribution in [0.1, 0.15) is 17.5 Å². The summed E-state index contributed by atoms with van der Waals surface area (Å²) in [5, 5.41) is -0.358. The largest absolute Gasteiger partial charge is 0.417 e. The lowest BCUT2D eigenvalue weighted by Gasteiger charge is -2.23. The van der Waals surface area contributed by atoms with Gasteiger partial charge in [-0.2, -0.15) is 18.2 Å². The molecule has 0 atom stereocenters. The Labute approximate surface area is 154 Å². The van der Waals surface area contributed by atoms with E-state index in [-0.39, 0.29) is 35.9 Å². The fourth-order valence-corrected chi connectivity index (χ4v) is 2.36. The van der Waals surface area contributed by atoms with E-state index >= 15 is 0 Å². The molecule has 0 unspecified atom stereocenters. The van der Waals surface area contributed by atoms with Crippen LogP contribution in [-0.2, 0) is 12.7 Å². The van der Waals surface area contributed by atoms with Crippen molar-refractivity contribution in [2.24, 2.45) is 21.5 Å². The van der Waals surface area contributed by atoms with Crippen molar-refractivity contribution in [3.8, 4) is 0 Å². The Morgan fingerprint density at radius 2 is 1.96 bits per heavy atom. The number of aliphatic imine (C=N–C) groups is 2. The van der Waals surface area contributed by atoms with E-state index in [2.05, 4.69) is 9.98 Å². The second kappa shape index (κ2) is 8.96. The van der Waals surface area contributed by atoms with E-state index in [0.29, 0.717) is 12.1 Å². The minimum absolute atomic E-state index is 0. The Balaban J connectivity index is 0.00000312. The molecule has 0 radical (unpaired) electrons. The Morgan fingerprint density at radius 3 is 2.56 bits per heavy atom. The maximum atomic E-state index is 12.8. The average molecular weight is 396 g/mol. The van der Waals surface area contributed by atoms with Crippen LogP contribution >= 0.6 is 24.0 Å². The zero-order valence-corrected chi connectivity index (χ0v) is 14.7. The van der Waals surface area contributed by atoms with Crippen molar-refractivity contribution in [1.29, 1.82) is 0 Å². The van der Waals surface area contributed by atoms with Crippen LogP contribution in [0, 0.1) is 0 Å². The molecule has 0 aromatic heterocycles. The molecule has 1 aromatic carbocycles. The van der Waals surface area contributed by atoms with E-state index in [1.54, 1.807) is 0 Å². The van der Waals surface area contributed by atoms with Crippen LogP contribution < -0.4 is 11.5 Å². The molecule has 0 fully saturated rings.